The number of piperidine rings is 1. The third-order valence-electron chi connectivity index (χ3n) is 4.89. The Labute approximate surface area is 155 Å². The predicted octanol–water partition coefficient (Wildman–Crippen LogP) is 3.06. The predicted molar refractivity (Wildman–Crippen MR) is 103 cm³/mol. The van der Waals surface area contributed by atoms with Crippen LogP contribution in [-0.2, 0) is 11.2 Å². The first kappa shape index (κ1) is 18.2. The summed E-state index contributed by atoms with van der Waals surface area (Å²) in [5.41, 5.74) is 1.07. The van der Waals surface area contributed by atoms with Gasteiger partial charge in [0.05, 0.1) is 7.11 Å². The third-order valence-corrected chi connectivity index (χ3v) is 4.89. The van der Waals surface area contributed by atoms with E-state index in [4.69, 9.17) is 4.74 Å². The molecule has 0 unspecified atom stereocenters. The summed E-state index contributed by atoms with van der Waals surface area (Å²) in [5, 5.41) is 3.11. The number of benzene rings is 1. The second-order valence-electron chi connectivity index (χ2n) is 6.76. The minimum atomic E-state index is 0.103. The first-order chi connectivity index (χ1) is 12.8. The molecule has 26 heavy (non-hydrogen) atoms. The Morgan fingerprint density at radius 1 is 1.27 bits per heavy atom. The van der Waals surface area contributed by atoms with E-state index in [0.29, 0.717) is 18.8 Å². The van der Waals surface area contributed by atoms with Crippen molar-refractivity contribution in [1.82, 2.24) is 10.3 Å². The van der Waals surface area contributed by atoms with Crippen molar-refractivity contribution in [3.8, 4) is 5.75 Å². The minimum absolute atomic E-state index is 0.103. The topological polar surface area (TPSA) is 54.5 Å². The molecule has 1 fully saturated rings. The van der Waals surface area contributed by atoms with Gasteiger partial charge in [-0.2, -0.15) is 0 Å². The van der Waals surface area contributed by atoms with Crippen LogP contribution in [0.15, 0.2) is 48.7 Å². The first-order valence-electron chi connectivity index (χ1n) is 9.31. The molecule has 0 bridgehead atoms. The van der Waals surface area contributed by atoms with Gasteiger partial charge < -0.3 is 15.0 Å². The number of nitrogens with zero attached hydrogens (tertiary/aromatic N) is 2. The molecule has 1 N–H and O–H groups in total. The number of carbonyl (C=O) groups is 1. The van der Waals surface area contributed by atoms with Crippen LogP contribution in [-0.4, -0.2) is 37.6 Å². The van der Waals surface area contributed by atoms with Crippen LogP contribution in [0.5, 0.6) is 5.75 Å². The Bertz CT molecular complexity index is 705. The molecule has 1 amide bonds. The number of pyridine rings is 1. The molecule has 0 radical (unpaired) electrons. The number of anilines is 1. The quantitative estimate of drug-likeness (QED) is 0.831. The Hall–Kier alpha value is -2.56. The molecule has 1 aliphatic rings. The number of carbonyl (C=O) groups excluding carboxylic acids is 1. The summed E-state index contributed by atoms with van der Waals surface area (Å²) < 4.78 is 5.34. The Morgan fingerprint density at radius 3 is 2.92 bits per heavy atom. The van der Waals surface area contributed by atoms with Gasteiger partial charge in [0.15, 0.2) is 0 Å². The molecule has 138 valence electrons. The van der Waals surface area contributed by atoms with Crippen LogP contribution < -0.4 is 15.0 Å². The van der Waals surface area contributed by atoms with Gasteiger partial charge in [-0.15, -0.1) is 0 Å². The van der Waals surface area contributed by atoms with Crippen LogP contribution >= 0.6 is 0 Å². The molecular formula is C21H27N3O2. The fraction of sp³-hybridized carbons (Fsp3) is 0.429. The molecular weight excluding hydrogens is 326 g/mol. The van der Waals surface area contributed by atoms with Gasteiger partial charge in [-0.25, -0.2) is 4.98 Å². The molecule has 1 atom stereocenters. The molecule has 2 aromatic rings. The Kier molecular flexibility index (Phi) is 6.47. The van der Waals surface area contributed by atoms with Crippen LogP contribution in [0.25, 0.3) is 0 Å². The van der Waals surface area contributed by atoms with E-state index in [1.807, 2.05) is 48.7 Å². The molecule has 1 aromatic heterocycles. The number of hydrogen-bond acceptors (Lipinski definition) is 4. The van der Waals surface area contributed by atoms with E-state index in [1.54, 1.807) is 7.11 Å². The van der Waals surface area contributed by atoms with E-state index in [2.05, 4.69) is 15.2 Å². The van der Waals surface area contributed by atoms with E-state index >= 15 is 0 Å². The summed E-state index contributed by atoms with van der Waals surface area (Å²) in [6, 6.07) is 13.9. The highest BCUT2D eigenvalue weighted by atomic mass is 16.5. The van der Waals surface area contributed by atoms with Crippen molar-refractivity contribution >= 4 is 11.7 Å². The van der Waals surface area contributed by atoms with Gasteiger partial charge in [0, 0.05) is 32.3 Å². The molecule has 5 heteroatoms. The molecule has 1 aromatic carbocycles. The highest BCUT2D eigenvalue weighted by Gasteiger charge is 2.21. The molecule has 0 saturated carbocycles. The number of rotatable bonds is 7. The third kappa shape index (κ3) is 4.97. The largest absolute Gasteiger partial charge is 0.496 e. The normalized spacial score (nSPS) is 17.0. The zero-order valence-corrected chi connectivity index (χ0v) is 15.4. The van der Waals surface area contributed by atoms with Crippen LogP contribution in [0.3, 0.4) is 0 Å². The summed E-state index contributed by atoms with van der Waals surface area (Å²) >= 11 is 0. The lowest BCUT2D eigenvalue weighted by molar-refractivity contribution is -0.121. The van der Waals surface area contributed by atoms with Crippen molar-refractivity contribution in [3.63, 3.8) is 0 Å². The zero-order valence-electron chi connectivity index (χ0n) is 15.4. The molecule has 0 aliphatic carbocycles. The van der Waals surface area contributed by atoms with E-state index in [0.717, 1.165) is 49.6 Å². The summed E-state index contributed by atoms with van der Waals surface area (Å²) in [6.07, 6.45) is 5.30. The summed E-state index contributed by atoms with van der Waals surface area (Å²) in [4.78, 5) is 19.0. The highest BCUT2D eigenvalue weighted by Crippen LogP contribution is 2.21. The van der Waals surface area contributed by atoms with E-state index in [9.17, 15) is 4.79 Å². The molecule has 0 spiro atoms. The van der Waals surface area contributed by atoms with Crippen molar-refractivity contribution in [3.05, 3.63) is 54.2 Å². The second-order valence-corrected chi connectivity index (χ2v) is 6.76. The van der Waals surface area contributed by atoms with Gasteiger partial charge in [-0.3, -0.25) is 4.79 Å². The van der Waals surface area contributed by atoms with E-state index in [-0.39, 0.29) is 5.91 Å². The first-order valence-corrected chi connectivity index (χ1v) is 9.31. The van der Waals surface area contributed by atoms with Gasteiger partial charge in [0.2, 0.25) is 5.91 Å². The van der Waals surface area contributed by atoms with Crippen molar-refractivity contribution in [2.24, 2.45) is 5.92 Å². The number of methoxy groups -OCH3 is 1. The molecule has 5 nitrogen and oxygen atoms in total. The number of hydrogen-bond donors (Lipinski definition) is 1. The molecule has 2 heterocycles. The fourth-order valence-electron chi connectivity index (χ4n) is 3.48. The van der Waals surface area contributed by atoms with E-state index in [1.165, 1.54) is 0 Å². The van der Waals surface area contributed by atoms with Gasteiger partial charge in [0.25, 0.3) is 0 Å². The standard InChI is InChI=1S/C21H27N3O2/c1-26-19-9-3-2-8-18(19)11-12-21(25)23-15-17-7-6-14-24(16-17)20-10-4-5-13-22-20/h2-5,8-10,13,17H,6-7,11-12,14-16H2,1H3,(H,23,25)/t17-/m1/s1. The van der Waals surface area contributed by atoms with Crippen molar-refractivity contribution < 1.29 is 9.53 Å². The lowest BCUT2D eigenvalue weighted by Crippen LogP contribution is -2.41. The number of amides is 1. The van der Waals surface area contributed by atoms with Crippen molar-refractivity contribution in [2.75, 3.05) is 31.6 Å². The summed E-state index contributed by atoms with van der Waals surface area (Å²) in [7, 11) is 1.66. The molecule has 1 aliphatic heterocycles. The maximum absolute atomic E-state index is 12.2. The van der Waals surface area contributed by atoms with Gasteiger partial charge >= 0.3 is 0 Å². The van der Waals surface area contributed by atoms with Crippen LogP contribution in [0.1, 0.15) is 24.8 Å². The minimum Gasteiger partial charge on any atom is -0.496 e. The number of aryl methyl sites for hydroxylation is 1. The van der Waals surface area contributed by atoms with Crippen molar-refractivity contribution in [1.29, 1.82) is 0 Å². The maximum atomic E-state index is 12.2. The SMILES string of the molecule is COc1ccccc1CCC(=O)NC[C@H]1CCCN(c2ccccn2)C1. The zero-order chi connectivity index (χ0) is 18.2. The number of nitrogens with one attached hydrogen (secondary N) is 1. The number of para-hydroxylation sites is 1. The lowest BCUT2D eigenvalue weighted by Gasteiger charge is -2.33. The van der Waals surface area contributed by atoms with Crippen LogP contribution in [0, 0.1) is 5.92 Å². The monoisotopic (exact) mass is 353 g/mol. The Balaban J connectivity index is 1.44. The highest BCUT2D eigenvalue weighted by molar-refractivity contribution is 5.76. The molecule has 3 rings (SSSR count). The number of ether oxygens (including phenoxy) is 1. The smallest absolute Gasteiger partial charge is 0.220 e. The maximum Gasteiger partial charge on any atom is 0.220 e. The van der Waals surface area contributed by atoms with Gasteiger partial charge in [-0.1, -0.05) is 24.3 Å². The summed E-state index contributed by atoms with van der Waals surface area (Å²) in [5.74, 6) is 2.45. The average Bonchev–Trinajstić information content (AvgIpc) is 2.71. The van der Waals surface area contributed by atoms with Crippen LogP contribution in [0.2, 0.25) is 0 Å². The number of aromatic nitrogens is 1. The second kappa shape index (κ2) is 9.22. The van der Waals surface area contributed by atoms with Gasteiger partial charge in [0.1, 0.15) is 11.6 Å². The Morgan fingerprint density at radius 2 is 2.12 bits per heavy atom. The van der Waals surface area contributed by atoms with E-state index < -0.39 is 0 Å². The van der Waals surface area contributed by atoms with Gasteiger partial charge in [-0.05, 0) is 48.9 Å². The van der Waals surface area contributed by atoms with Crippen molar-refractivity contribution in [2.45, 2.75) is 25.7 Å². The average molecular weight is 353 g/mol. The lowest BCUT2D eigenvalue weighted by atomic mass is 9.98. The van der Waals surface area contributed by atoms with Crippen LogP contribution in [0.4, 0.5) is 5.82 Å². The molecule has 1 saturated heterocycles. The fourth-order valence-corrected chi connectivity index (χ4v) is 3.48. The summed E-state index contributed by atoms with van der Waals surface area (Å²) in [6.45, 7) is 2.72.